The van der Waals surface area contributed by atoms with Gasteiger partial charge in [0.05, 0.1) is 7.11 Å². The largest absolute Gasteiger partial charge is 0.496 e. The van der Waals surface area contributed by atoms with Crippen molar-refractivity contribution in [1.29, 1.82) is 0 Å². The lowest BCUT2D eigenvalue weighted by Crippen LogP contribution is -2.32. The van der Waals surface area contributed by atoms with E-state index >= 15 is 0 Å². The van der Waals surface area contributed by atoms with Gasteiger partial charge in [-0.1, -0.05) is 25.1 Å². The molecule has 3 nitrogen and oxygen atoms in total. The summed E-state index contributed by atoms with van der Waals surface area (Å²) in [4.78, 5) is 0. The summed E-state index contributed by atoms with van der Waals surface area (Å²) >= 11 is 0. The molecule has 0 amide bonds. The molecule has 19 heavy (non-hydrogen) atoms. The molecule has 0 aliphatic heterocycles. The van der Waals surface area contributed by atoms with Crippen LogP contribution in [0.2, 0.25) is 0 Å². The zero-order valence-corrected chi connectivity index (χ0v) is 13.3. The van der Waals surface area contributed by atoms with Crippen LogP contribution in [-0.2, 0) is 10.8 Å². The molecule has 0 aliphatic carbocycles. The van der Waals surface area contributed by atoms with Crippen LogP contribution in [0.3, 0.4) is 0 Å². The van der Waals surface area contributed by atoms with Crippen molar-refractivity contribution in [2.45, 2.75) is 38.5 Å². The lowest BCUT2D eigenvalue weighted by molar-refractivity contribution is 0.402. The van der Waals surface area contributed by atoms with Gasteiger partial charge in [0.25, 0.3) is 0 Å². The van der Waals surface area contributed by atoms with Crippen LogP contribution in [0, 0.1) is 0 Å². The third-order valence-corrected chi connectivity index (χ3v) is 4.97. The minimum absolute atomic E-state index is 0.0567. The standard InChI is InChI=1S/C15H25NO2S/c1-6-16-13(11-19(17)15(2,3)4)12-9-7-8-10-14(12)18-5/h7-10,13,16H,6,11H2,1-5H3. The highest BCUT2D eigenvalue weighted by atomic mass is 32.2. The van der Waals surface area contributed by atoms with Crippen molar-refractivity contribution in [3.05, 3.63) is 29.8 Å². The number of hydrogen-bond acceptors (Lipinski definition) is 3. The van der Waals surface area contributed by atoms with E-state index in [0.29, 0.717) is 5.75 Å². The molecule has 0 bridgehead atoms. The van der Waals surface area contributed by atoms with Gasteiger partial charge in [0, 0.05) is 32.9 Å². The minimum Gasteiger partial charge on any atom is -0.496 e. The summed E-state index contributed by atoms with van der Waals surface area (Å²) in [6.07, 6.45) is 0. The first-order valence-electron chi connectivity index (χ1n) is 6.65. The third-order valence-electron chi connectivity index (χ3n) is 2.97. The average molecular weight is 283 g/mol. The molecule has 4 heteroatoms. The van der Waals surface area contributed by atoms with Crippen LogP contribution in [0.25, 0.3) is 0 Å². The van der Waals surface area contributed by atoms with Crippen LogP contribution < -0.4 is 10.1 Å². The number of ether oxygens (including phenoxy) is 1. The van der Waals surface area contributed by atoms with Gasteiger partial charge in [0.2, 0.25) is 0 Å². The van der Waals surface area contributed by atoms with Gasteiger partial charge in [-0.05, 0) is 33.4 Å². The first-order chi connectivity index (χ1) is 8.90. The Morgan fingerprint density at radius 3 is 2.47 bits per heavy atom. The van der Waals surface area contributed by atoms with E-state index in [2.05, 4.69) is 12.2 Å². The Bertz CT molecular complexity index is 426. The molecular formula is C15H25NO2S. The second-order valence-electron chi connectivity index (χ2n) is 5.48. The molecule has 1 rings (SSSR count). The Hall–Kier alpha value is -0.870. The Balaban J connectivity index is 2.97. The van der Waals surface area contributed by atoms with Crippen molar-refractivity contribution in [1.82, 2.24) is 5.32 Å². The summed E-state index contributed by atoms with van der Waals surface area (Å²) < 4.78 is 17.6. The normalized spacial score (nSPS) is 15.0. The molecule has 1 N–H and O–H groups in total. The van der Waals surface area contributed by atoms with Crippen LogP contribution >= 0.6 is 0 Å². The van der Waals surface area contributed by atoms with E-state index in [4.69, 9.17) is 4.74 Å². The Kier molecular flexibility index (Phi) is 6.01. The summed E-state index contributed by atoms with van der Waals surface area (Å²) in [6.45, 7) is 8.92. The number of nitrogens with one attached hydrogen (secondary N) is 1. The topological polar surface area (TPSA) is 38.3 Å². The molecule has 2 atom stereocenters. The average Bonchev–Trinajstić information content (AvgIpc) is 2.37. The van der Waals surface area contributed by atoms with Crippen LogP contribution in [0.15, 0.2) is 24.3 Å². The maximum absolute atomic E-state index is 12.4. The number of para-hydroxylation sites is 1. The van der Waals surface area contributed by atoms with E-state index in [9.17, 15) is 4.21 Å². The molecule has 0 aromatic heterocycles. The summed E-state index contributed by atoms with van der Waals surface area (Å²) in [7, 11) is 0.772. The molecule has 0 radical (unpaired) electrons. The second kappa shape index (κ2) is 7.06. The predicted molar refractivity (Wildman–Crippen MR) is 82.2 cm³/mol. The molecular weight excluding hydrogens is 258 g/mol. The van der Waals surface area contributed by atoms with E-state index in [1.807, 2.05) is 45.0 Å². The predicted octanol–water partition coefficient (Wildman–Crippen LogP) is 2.89. The molecule has 1 aromatic carbocycles. The van der Waals surface area contributed by atoms with Crippen molar-refractivity contribution < 1.29 is 8.95 Å². The molecule has 108 valence electrons. The highest BCUT2D eigenvalue weighted by Gasteiger charge is 2.25. The fraction of sp³-hybridized carbons (Fsp3) is 0.600. The van der Waals surface area contributed by atoms with E-state index < -0.39 is 10.8 Å². The van der Waals surface area contributed by atoms with Gasteiger partial charge in [0.15, 0.2) is 0 Å². The number of hydrogen-bond donors (Lipinski definition) is 1. The van der Waals surface area contributed by atoms with E-state index in [1.54, 1.807) is 7.11 Å². The fourth-order valence-corrected chi connectivity index (χ4v) is 2.96. The van der Waals surface area contributed by atoms with Crippen LogP contribution in [-0.4, -0.2) is 28.4 Å². The van der Waals surface area contributed by atoms with Crippen molar-refractivity contribution in [3.8, 4) is 5.75 Å². The maximum Gasteiger partial charge on any atom is 0.123 e. The van der Waals surface area contributed by atoms with Crippen molar-refractivity contribution in [3.63, 3.8) is 0 Å². The van der Waals surface area contributed by atoms with Crippen LogP contribution in [0.1, 0.15) is 39.3 Å². The Morgan fingerprint density at radius 2 is 1.95 bits per heavy atom. The van der Waals surface area contributed by atoms with Gasteiger partial charge in [-0.25, -0.2) is 0 Å². The van der Waals surface area contributed by atoms with Crippen molar-refractivity contribution >= 4 is 10.8 Å². The van der Waals surface area contributed by atoms with E-state index in [0.717, 1.165) is 17.9 Å². The van der Waals surface area contributed by atoms with E-state index in [1.165, 1.54) is 0 Å². The summed E-state index contributed by atoms with van der Waals surface area (Å²) in [5.41, 5.74) is 1.07. The highest BCUT2D eigenvalue weighted by molar-refractivity contribution is 7.86. The highest BCUT2D eigenvalue weighted by Crippen LogP contribution is 2.27. The van der Waals surface area contributed by atoms with Crippen molar-refractivity contribution in [2.24, 2.45) is 0 Å². The minimum atomic E-state index is -0.898. The zero-order valence-electron chi connectivity index (χ0n) is 12.5. The maximum atomic E-state index is 12.4. The molecule has 1 aromatic rings. The molecule has 2 unspecified atom stereocenters. The monoisotopic (exact) mass is 283 g/mol. The van der Waals surface area contributed by atoms with Crippen LogP contribution in [0.5, 0.6) is 5.75 Å². The van der Waals surface area contributed by atoms with Crippen molar-refractivity contribution in [2.75, 3.05) is 19.4 Å². The van der Waals surface area contributed by atoms with Gasteiger partial charge in [-0.15, -0.1) is 0 Å². The number of benzene rings is 1. The van der Waals surface area contributed by atoms with Gasteiger partial charge in [-0.2, -0.15) is 0 Å². The first kappa shape index (κ1) is 16.2. The van der Waals surface area contributed by atoms with E-state index in [-0.39, 0.29) is 10.8 Å². The molecule has 0 fully saturated rings. The van der Waals surface area contributed by atoms with Gasteiger partial charge in [0.1, 0.15) is 5.75 Å². The number of rotatable bonds is 6. The Morgan fingerprint density at radius 1 is 1.32 bits per heavy atom. The summed E-state index contributed by atoms with van der Waals surface area (Å²) in [6, 6.07) is 7.97. The molecule has 0 aliphatic rings. The van der Waals surface area contributed by atoms with Gasteiger partial charge < -0.3 is 10.1 Å². The smallest absolute Gasteiger partial charge is 0.123 e. The Labute approximate surface area is 119 Å². The molecule has 0 heterocycles. The lowest BCUT2D eigenvalue weighted by atomic mass is 10.1. The summed E-state index contributed by atoms with van der Waals surface area (Å²) in [5, 5.41) is 3.40. The second-order valence-corrected chi connectivity index (χ2v) is 7.73. The molecule has 0 saturated heterocycles. The van der Waals surface area contributed by atoms with Gasteiger partial charge >= 0.3 is 0 Å². The first-order valence-corrected chi connectivity index (χ1v) is 7.96. The number of methoxy groups -OCH3 is 1. The third kappa shape index (κ3) is 4.62. The fourth-order valence-electron chi connectivity index (χ4n) is 1.86. The lowest BCUT2D eigenvalue weighted by Gasteiger charge is -2.25. The zero-order chi connectivity index (χ0) is 14.5. The molecule has 0 saturated carbocycles. The van der Waals surface area contributed by atoms with Gasteiger partial charge in [-0.3, -0.25) is 4.21 Å². The van der Waals surface area contributed by atoms with Crippen LogP contribution in [0.4, 0.5) is 0 Å². The SMILES string of the molecule is CCNC(CS(=O)C(C)(C)C)c1ccccc1OC. The molecule has 0 spiro atoms. The quantitative estimate of drug-likeness (QED) is 0.872. The summed E-state index contributed by atoms with van der Waals surface area (Å²) in [5.74, 6) is 1.44.